The molecule has 0 saturated carbocycles. The normalized spacial score (nSPS) is 20.4. The lowest BCUT2D eigenvalue weighted by Gasteiger charge is -2.10. The highest BCUT2D eigenvalue weighted by Gasteiger charge is 2.15. The molecule has 1 N–H and O–H groups in total. The summed E-state index contributed by atoms with van der Waals surface area (Å²) in [4.78, 5) is 3.91. The van der Waals surface area contributed by atoms with Crippen LogP contribution in [-0.4, -0.2) is 39.4 Å². The fraction of sp³-hybridized carbons (Fsp3) is 0.545. The molecule has 0 aromatic carbocycles. The summed E-state index contributed by atoms with van der Waals surface area (Å²) in [5.41, 5.74) is 0.837. The molecule has 0 bridgehead atoms. The van der Waals surface area contributed by atoms with E-state index in [-0.39, 0.29) is 5.03 Å². The Bertz CT molecular complexity index is 464. The van der Waals surface area contributed by atoms with Gasteiger partial charge < -0.3 is 10.1 Å². The van der Waals surface area contributed by atoms with Gasteiger partial charge in [-0.15, -0.1) is 0 Å². The van der Waals surface area contributed by atoms with Gasteiger partial charge in [0, 0.05) is 25.3 Å². The van der Waals surface area contributed by atoms with Crippen LogP contribution in [-0.2, 0) is 14.6 Å². The molecule has 0 amide bonds. The van der Waals surface area contributed by atoms with Crippen LogP contribution in [0.1, 0.15) is 6.42 Å². The van der Waals surface area contributed by atoms with E-state index in [0.717, 1.165) is 38.1 Å². The lowest BCUT2D eigenvalue weighted by molar-refractivity contribution is 0.187. The largest absolute Gasteiger partial charge is 0.383 e. The van der Waals surface area contributed by atoms with E-state index < -0.39 is 9.84 Å². The highest BCUT2D eigenvalue weighted by molar-refractivity contribution is 7.90. The molecule has 0 aliphatic carbocycles. The van der Waals surface area contributed by atoms with Crippen molar-refractivity contribution >= 4 is 15.5 Å². The summed E-state index contributed by atoms with van der Waals surface area (Å²) in [7, 11) is -3.21. The molecule has 1 aliphatic rings. The smallest absolute Gasteiger partial charge is 0.192 e. The summed E-state index contributed by atoms with van der Waals surface area (Å²) in [6.07, 6.45) is 3.77. The van der Waals surface area contributed by atoms with Crippen molar-refractivity contribution in [2.75, 3.05) is 31.3 Å². The number of sulfone groups is 1. The molecule has 1 aromatic heterocycles. The fourth-order valence-electron chi connectivity index (χ4n) is 1.71. The second-order valence-corrected chi connectivity index (χ2v) is 6.23. The van der Waals surface area contributed by atoms with Crippen molar-refractivity contribution in [2.24, 2.45) is 5.92 Å². The number of anilines is 1. The second-order valence-electron chi connectivity index (χ2n) is 4.27. The Morgan fingerprint density at radius 3 is 2.88 bits per heavy atom. The van der Waals surface area contributed by atoms with Crippen LogP contribution in [0.2, 0.25) is 0 Å². The van der Waals surface area contributed by atoms with Crippen LogP contribution >= 0.6 is 0 Å². The van der Waals surface area contributed by atoms with E-state index in [1.807, 2.05) is 0 Å². The van der Waals surface area contributed by atoms with Gasteiger partial charge in [0.1, 0.15) is 0 Å². The van der Waals surface area contributed by atoms with Gasteiger partial charge in [-0.1, -0.05) is 0 Å². The maximum Gasteiger partial charge on any atom is 0.192 e. The molecule has 94 valence electrons. The molecule has 17 heavy (non-hydrogen) atoms. The fourth-order valence-corrected chi connectivity index (χ4v) is 2.27. The van der Waals surface area contributed by atoms with Crippen LogP contribution in [0.5, 0.6) is 0 Å². The van der Waals surface area contributed by atoms with Crippen molar-refractivity contribution in [1.29, 1.82) is 0 Å². The zero-order chi connectivity index (χ0) is 12.3. The van der Waals surface area contributed by atoms with E-state index in [1.165, 1.54) is 6.07 Å². The van der Waals surface area contributed by atoms with Gasteiger partial charge in [0.05, 0.1) is 18.5 Å². The third-order valence-corrected chi connectivity index (χ3v) is 3.74. The van der Waals surface area contributed by atoms with Crippen LogP contribution in [0.15, 0.2) is 23.4 Å². The van der Waals surface area contributed by atoms with Gasteiger partial charge in [0.25, 0.3) is 0 Å². The van der Waals surface area contributed by atoms with Gasteiger partial charge in [0.15, 0.2) is 14.9 Å². The van der Waals surface area contributed by atoms with Gasteiger partial charge in [-0.2, -0.15) is 0 Å². The molecule has 6 heteroatoms. The van der Waals surface area contributed by atoms with E-state index in [4.69, 9.17) is 4.74 Å². The van der Waals surface area contributed by atoms with Crippen LogP contribution in [0, 0.1) is 5.92 Å². The molecule has 0 radical (unpaired) electrons. The monoisotopic (exact) mass is 256 g/mol. The molecule has 1 aromatic rings. The van der Waals surface area contributed by atoms with Crippen molar-refractivity contribution < 1.29 is 13.2 Å². The van der Waals surface area contributed by atoms with Crippen LogP contribution in [0.3, 0.4) is 0 Å². The predicted molar refractivity (Wildman–Crippen MR) is 64.8 cm³/mol. The third-order valence-electron chi connectivity index (χ3n) is 2.74. The van der Waals surface area contributed by atoms with E-state index in [1.54, 1.807) is 12.3 Å². The summed E-state index contributed by atoms with van der Waals surface area (Å²) >= 11 is 0. The molecule has 2 heterocycles. The Hall–Kier alpha value is -1.14. The number of pyridine rings is 1. The van der Waals surface area contributed by atoms with Gasteiger partial charge in [-0.05, 0) is 18.6 Å². The van der Waals surface area contributed by atoms with Crippen LogP contribution in [0.25, 0.3) is 0 Å². The lowest BCUT2D eigenvalue weighted by atomic mass is 10.1. The Kier molecular flexibility index (Phi) is 3.63. The molecular formula is C11H16N2O3S. The first-order chi connectivity index (χ1) is 8.05. The first kappa shape index (κ1) is 12.3. The molecule has 1 fully saturated rings. The highest BCUT2D eigenvalue weighted by Crippen LogP contribution is 2.15. The van der Waals surface area contributed by atoms with Gasteiger partial charge >= 0.3 is 0 Å². The van der Waals surface area contributed by atoms with Crippen molar-refractivity contribution in [3.05, 3.63) is 18.3 Å². The number of nitrogens with one attached hydrogen (secondary N) is 1. The van der Waals surface area contributed by atoms with Crippen molar-refractivity contribution in [1.82, 2.24) is 4.98 Å². The molecule has 1 unspecified atom stereocenters. The third kappa shape index (κ3) is 3.41. The molecule has 5 nitrogen and oxygen atoms in total. The standard InChI is InChI=1S/C11H16N2O3S/c1-17(14,15)11-3-2-10(7-13-11)12-6-9-4-5-16-8-9/h2-3,7,9,12H,4-6,8H2,1H3. The van der Waals surface area contributed by atoms with Gasteiger partial charge in [0.2, 0.25) is 0 Å². The Morgan fingerprint density at radius 2 is 2.35 bits per heavy atom. The van der Waals surface area contributed by atoms with Crippen molar-refractivity contribution in [3.63, 3.8) is 0 Å². The second kappa shape index (κ2) is 5.01. The Balaban J connectivity index is 1.94. The summed E-state index contributed by atoms with van der Waals surface area (Å²) in [6.45, 7) is 2.46. The predicted octanol–water partition coefficient (Wildman–Crippen LogP) is 0.933. The quantitative estimate of drug-likeness (QED) is 0.868. The maximum atomic E-state index is 11.2. The van der Waals surface area contributed by atoms with Gasteiger partial charge in [-0.25, -0.2) is 13.4 Å². The number of nitrogens with zero attached hydrogens (tertiary/aromatic N) is 1. The van der Waals surface area contributed by atoms with Crippen LogP contribution < -0.4 is 5.32 Å². The summed E-state index contributed by atoms with van der Waals surface area (Å²) in [5, 5.41) is 3.33. The minimum absolute atomic E-state index is 0.104. The number of aromatic nitrogens is 1. The minimum atomic E-state index is -3.21. The molecule has 2 rings (SSSR count). The average molecular weight is 256 g/mol. The Labute approximate surface area is 101 Å². The van der Waals surface area contributed by atoms with E-state index in [9.17, 15) is 8.42 Å². The van der Waals surface area contributed by atoms with Crippen molar-refractivity contribution in [3.8, 4) is 0 Å². The molecule has 1 saturated heterocycles. The van der Waals surface area contributed by atoms with E-state index in [0.29, 0.717) is 5.92 Å². The van der Waals surface area contributed by atoms with Crippen LogP contribution in [0.4, 0.5) is 5.69 Å². The Morgan fingerprint density at radius 1 is 1.53 bits per heavy atom. The van der Waals surface area contributed by atoms with Gasteiger partial charge in [-0.3, -0.25) is 0 Å². The topological polar surface area (TPSA) is 68.3 Å². The number of hydrogen-bond donors (Lipinski definition) is 1. The molecule has 0 spiro atoms. The summed E-state index contributed by atoms with van der Waals surface area (Å²) in [6, 6.07) is 3.25. The molecule has 1 aliphatic heterocycles. The zero-order valence-electron chi connectivity index (χ0n) is 9.72. The number of rotatable bonds is 4. The van der Waals surface area contributed by atoms with E-state index in [2.05, 4.69) is 10.3 Å². The summed E-state index contributed by atoms with van der Waals surface area (Å²) < 4.78 is 27.7. The average Bonchev–Trinajstić information content (AvgIpc) is 2.78. The number of ether oxygens (including phenoxy) is 1. The minimum Gasteiger partial charge on any atom is -0.383 e. The van der Waals surface area contributed by atoms with Crippen molar-refractivity contribution in [2.45, 2.75) is 11.4 Å². The SMILES string of the molecule is CS(=O)(=O)c1ccc(NCC2CCOC2)cn1. The zero-order valence-corrected chi connectivity index (χ0v) is 10.5. The summed E-state index contributed by atoms with van der Waals surface area (Å²) in [5.74, 6) is 0.532. The highest BCUT2D eigenvalue weighted by atomic mass is 32.2. The first-order valence-corrected chi connectivity index (χ1v) is 7.42. The number of hydrogen-bond acceptors (Lipinski definition) is 5. The van der Waals surface area contributed by atoms with E-state index >= 15 is 0 Å². The first-order valence-electron chi connectivity index (χ1n) is 5.53. The molecular weight excluding hydrogens is 240 g/mol. The maximum absolute atomic E-state index is 11.2. The molecule has 1 atom stereocenters. The lowest BCUT2D eigenvalue weighted by Crippen LogP contribution is -2.14.